The molecule has 3 aliphatic rings. The van der Waals surface area contributed by atoms with Gasteiger partial charge in [-0.25, -0.2) is 0 Å². The monoisotopic (exact) mass is 926 g/mol. The molecule has 18 heteroatoms. The first-order chi connectivity index (χ1) is 30.6. The molecule has 3 rings (SSSR count). The number of carboxylic acids is 1. The summed E-state index contributed by atoms with van der Waals surface area (Å²) in [5, 5.41) is 118. The average molecular weight is 926 g/mol. The summed E-state index contributed by atoms with van der Waals surface area (Å²) in [4.78, 5) is 25.1. The first-order valence-corrected chi connectivity index (χ1v) is 22.6. The second kappa shape index (κ2) is 27.6. The summed E-state index contributed by atoms with van der Waals surface area (Å²) in [7, 11) is 0. The predicted octanol–water partition coefficient (Wildman–Crippen LogP) is 0.936. The topological polar surface area (TPSA) is 320 Å². The highest BCUT2D eigenvalue weighted by atomic mass is 16.7. The van der Waals surface area contributed by atoms with Crippen LogP contribution in [0.4, 0.5) is 0 Å². The normalized spacial score (nSPS) is 42.3. The Morgan fingerprint density at radius 3 is 1.94 bits per heavy atom. The number of carboxylic acid groups (broad SMARTS) is 1. The van der Waals surface area contributed by atoms with E-state index in [9.17, 15) is 65.8 Å². The van der Waals surface area contributed by atoms with Gasteiger partial charge in [0, 0.05) is 31.1 Å². The maximum absolute atomic E-state index is 12.6. The van der Waals surface area contributed by atoms with Gasteiger partial charge in [-0.2, -0.15) is 0 Å². The third-order valence-electron chi connectivity index (χ3n) is 12.2. The number of hydrogen-bond donors (Lipinski definition) is 12. The molecule has 0 spiro atoms. The molecule has 19 atom stereocenters. The Morgan fingerprint density at radius 2 is 1.28 bits per heavy atom. The van der Waals surface area contributed by atoms with Gasteiger partial charge >= 0.3 is 11.9 Å². The van der Waals surface area contributed by atoms with Crippen LogP contribution in [-0.4, -0.2) is 166 Å². The number of aliphatic hydroxyl groups excluding tert-OH is 9. The molecule has 18 nitrogen and oxygen atoms in total. The summed E-state index contributed by atoms with van der Waals surface area (Å²) in [6.45, 7) is 6.78. The number of aliphatic hydroxyl groups is 10. The average Bonchev–Trinajstić information content (AvgIpc) is 3.21. The molecular formula is C47H75NO17. The molecular weight excluding hydrogens is 851 g/mol. The predicted molar refractivity (Wildman–Crippen MR) is 237 cm³/mol. The lowest BCUT2D eigenvalue weighted by molar-refractivity contribution is -0.310. The first-order valence-electron chi connectivity index (χ1n) is 22.6. The van der Waals surface area contributed by atoms with Gasteiger partial charge in [0.05, 0.1) is 79.6 Å². The van der Waals surface area contributed by atoms with Gasteiger partial charge in [0.15, 0.2) is 12.1 Å². The number of fused-ring (bicyclic) bond motifs is 2. The first kappa shape index (κ1) is 56.1. The number of rotatable bonds is 3. The lowest BCUT2D eigenvalue weighted by Crippen LogP contribution is -2.61. The number of carbonyl (C=O) groups is 2. The van der Waals surface area contributed by atoms with Crippen LogP contribution in [0.2, 0.25) is 0 Å². The molecule has 0 saturated carbocycles. The maximum atomic E-state index is 12.6. The van der Waals surface area contributed by atoms with Crippen LogP contribution >= 0.6 is 0 Å². The van der Waals surface area contributed by atoms with E-state index in [2.05, 4.69) is 0 Å². The van der Waals surface area contributed by atoms with E-state index in [1.165, 1.54) is 13.0 Å². The second-order valence-corrected chi connectivity index (χ2v) is 17.8. The summed E-state index contributed by atoms with van der Waals surface area (Å²) in [5.41, 5.74) is 6.02. The Balaban J connectivity index is 1.84. The summed E-state index contributed by atoms with van der Waals surface area (Å²) in [6, 6.07) is -1.14. The van der Waals surface area contributed by atoms with Gasteiger partial charge in [-0.15, -0.1) is 0 Å². The SMILES string of the molecule is C[C@H]1[C@H](O)[C@@H](C)C=CC=CCCC=CC=CC=CC=C[C@H](O[C@@H]2O[C@H](C)[C@@H](O)[C@H](N)[C@@H]2O)C[C@@H]2O[C@@](O)(C[C@@H](O)[C@H](O)CC[C@@H](O)C[C@@H](O)C[C@@H](O)CC(=O)O[C@H]1C)C[C@H](O)[C@H]2C(=O)O. The van der Waals surface area contributed by atoms with Crippen molar-refractivity contribution in [3.63, 3.8) is 0 Å². The van der Waals surface area contributed by atoms with E-state index in [0.29, 0.717) is 0 Å². The highest BCUT2D eigenvalue weighted by Gasteiger charge is 2.51. The molecule has 3 aliphatic heterocycles. The van der Waals surface area contributed by atoms with Crippen LogP contribution in [-0.2, 0) is 28.5 Å². The highest BCUT2D eigenvalue weighted by molar-refractivity contribution is 5.71. The van der Waals surface area contributed by atoms with E-state index in [0.717, 1.165) is 12.8 Å². The molecule has 2 fully saturated rings. The number of nitrogens with two attached hydrogens (primary N) is 1. The molecule has 0 aromatic rings. The molecule has 0 aliphatic carbocycles. The largest absolute Gasteiger partial charge is 0.481 e. The Labute approximate surface area is 381 Å². The van der Waals surface area contributed by atoms with Gasteiger partial charge in [0.25, 0.3) is 0 Å². The van der Waals surface area contributed by atoms with Gasteiger partial charge in [-0.1, -0.05) is 86.8 Å². The van der Waals surface area contributed by atoms with Crippen LogP contribution in [0.5, 0.6) is 0 Å². The molecule has 0 aromatic carbocycles. The van der Waals surface area contributed by atoms with E-state index >= 15 is 0 Å². The molecule has 0 amide bonds. The number of allylic oxidation sites excluding steroid dienone is 10. The minimum absolute atomic E-state index is 0.138. The number of cyclic esters (lactones) is 1. The van der Waals surface area contributed by atoms with Gasteiger partial charge < -0.3 is 80.9 Å². The third kappa shape index (κ3) is 18.8. The van der Waals surface area contributed by atoms with Crippen LogP contribution in [0.3, 0.4) is 0 Å². The van der Waals surface area contributed by atoms with Crippen molar-refractivity contribution in [1.29, 1.82) is 0 Å². The van der Waals surface area contributed by atoms with E-state index < -0.39 is 141 Å². The van der Waals surface area contributed by atoms with Crippen LogP contribution in [0.25, 0.3) is 0 Å². The third-order valence-corrected chi connectivity index (χ3v) is 12.2. The summed E-state index contributed by atoms with van der Waals surface area (Å²) < 4.78 is 23.2. The van der Waals surface area contributed by atoms with Crippen molar-refractivity contribution >= 4 is 11.9 Å². The van der Waals surface area contributed by atoms with Crippen molar-refractivity contribution in [3.8, 4) is 0 Å². The highest BCUT2D eigenvalue weighted by Crippen LogP contribution is 2.38. The molecule has 65 heavy (non-hydrogen) atoms. The zero-order chi connectivity index (χ0) is 48.4. The fourth-order valence-corrected chi connectivity index (χ4v) is 8.11. The van der Waals surface area contributed by atoms with Crippen LogP contribution in [0, 0.1) is 17.8 Å². The van der Waals surface area contributed by atoms with E-state index in [1.54, 1.807) is 38.2 Å². The van der Waals surface area contributed by atoms with Crippen molar-refractivity contribution in [3.05, 3.63) is 72.9 Å². The Bertz CT molecular complexity index is 1620. The molecule has 2 saturated heterocycles. The quantitative estimate of drug-likeness (QED) is 0.175. The Hall–Kier alpha value is -3.18. The molecule has 0 unspecified atom stereocenters. The van der Waals surface area contributed by atoms with E-state index in [1.807, 2.05) is 49.5 Å². The number of carbonyl (C=O) groups excluding carboxylic acids is 1. The van der Waals surface area contributed by atoms with Crippen LogP contribution in [0.1, 0.15) is 91.9 Å². The van der Waals surface area contributed by atoms with Crippen molar-refractivity contribution in [2.75, 3.05) is 0 Å². The summed E-state index contributed by atoms with van der Waals surface area (Å²) in [5.74, 6) is -6.82. The number of esters is 1. The van der Waals surface area contributed by atoms with Crippen molar-refractivity contribution in [2.45, 2.75) is 189 Å². The fraction of sp³-hybridized carbons (Fsp3) is 0.702. The van der Waals surface area contributed by atoms with Crippen LogP contribution in [0.15, 0.2) is 72.9 Å². The standard InChI is InChI=1S/C47H75NO17/c1-27-17-15-13-11-9-7-5-6-8-10-12-14-16-18-34(64-46-44(58)41(48)43(57)30(4)63-46)24-38-40(45(59)60)37(54)26-47(61,65-38)25-36(53)35(52)20-19-31(49)21-32(50)22-33(51)23-39(55)62-29(3)28(2)42(27)56/h5-6,8,10-18,27-38,40-44,46,49-54,56-58,61H,7,9,19-26,48H2,1-4H3,(H,59,60)/t27-,28+,29-,30+,31+,32+,33+,34-,35+,36+,37-,38-,40+,41-,42+,43+,44-,46-,47-/m0/s1. The summed E-state index contributed by atoms with van der Waals surface area (Å²) in [6.07, 6.45) is 2.28. The van der Waals surface area contributed by atoms with Gasteiger partial charge in [0.2, 0.25) is 0 Å². The number of hydrogen-bond acceptors (Lipinski definition) is 17. The minimum Gasteiger partial charge on any atom is -0.481 e. The van der Waals surface area contributed by atoms with E-state index in [4.69, 9.17) is 24.7 Å². The molecule has 0 radical (unpaired) electrons. The minimum atomic E-state index is -2.35. The van der Waals surface area contributed by atoms with Gasteiger partial charge in [-0.3, -0.25) is 9.59 Å². The van der Waals surface area contributed by atoms with Gasteiger partial charge in [0.1, 0.15) is 18.1 Å². The lowest BCUT2D eigenvalue weighted by atomic mass is 9.82. The van der Waals surface area contributed by atoms with E-state index in [-0.39, 0.29) is 38.0 Å². The Kier molecular flexibility index (Phi) is 23.8. The van der Waals surface area contributed by atoms with Crippen LogP contribution < -0.4 is 5.73 Å². The zero-order valence-electron chi connectivity index (χ0n) is 37.8. The van der Waals surface area contributed by atoms with Gasteiger partial charge in [-0.05, 0) is 52.4 Å². The second-order valence-electron chi connectivity index (χ2n) is 17.8. The number of ether oxygens (including phenoxy) is 4. The maximum Gasteiger partial charge on any atom is 0.311 e. The lowest BCUT2D eigenvalue weighted by Gasteiger charge is -2.45. The summed E-state index contributed by atoms with van der Waals surface area (Å²) >= 11 is 0. The van der Waals surface area contributed by atoms with Crippen molar-refractivity contribution < 1.29 is 84.7 Å². The molecule has 0 aromatic heterocycles. The zero-order valence-corrected chi connectivity index (χ0v) is 37.8. The number of aliphatic carboxylic acids is 1. The van der Waals surface area contributed by atoms with Crippen molar-refractivity contribution in [1.82, 2.24) is 0 Å². The smallest absolute Gasteiger partial charge is 0.311 e. The fourth-order valence-electron chi connectivity index (χ4n) is 8.11. The Morgan fingerprint density at radius 1 is 0.692 bits per heavy atom. The van der Waals surface area contributed by atoms with Crippen molar-refractivity contribution in [2.24, 2.45) is 23.5 Å². The molecule has 3 heterocycles. The molecule has 13 N–H and O–H groups in total. The molecule has 2 bridgehead atoms. The molecule has 370 valence electrons.